The van der Waals surface area contributed by atoms with Gasteiger partial charge < -0.3 is 9.80 Å². The maximum absolute atomic E-state index is 12.2. The smallest absolute Gasteiger partial charge is 0.291 e. The number of amides is 2. The Bertz CT molecular complexity index is 603. The number of piperazine rings is 1. The molecule has 0 bridgehead atoms. The highest BCUT2D eigenvalue weighted by molar-refractivity contribution is 7.10. The van der Waals surface area contributed by atoms with Crippen molar-refractivity contribution in [2.75, 3.05) is 26.2 Å². The van der Waals surface area contributed by atoms with Crippen LogP contribution in [0.1, 0.15) is 15.5 Å². The number of nitrogens with one attached hydrogen (secondary N) is 1. The quantitative estimate of drug-likeness (QED) is 0.889. The second-order valence-electron chi connectivity index (χ2n) is 4.76. The molecule has 1 saturated heterocycles. The van der Waals surface area contributed by atoms with E-state index in [4.69, 9.17) is 0 Å². The number of hydrogen-bond acceptors (Lipinski definition) is 5. The molecule has 0 aliphatic carbocycles. The second-order valence-corrected chi connectivity index (χ2v) is 5.80. The molecular formula is C13H15N5O2S. The van der Waals surface area contributed by atoms with Crippen molar-refractivity contribution in [1.82, 2.24) is 25.0 Å². The Morgan fingerprint density at radius 1 is 1.24 bits per heavy atom. The Morgan fingerprint density at radius 3 is 2.62 bits per heavy atom. The summed E-state index contributed by atoms with van der Waals surface area (Å²) in [7, 11) is 0. The van der Waals surface area contributed by atoms with Gasteiger partial charge in [0.2, 0.25) is 11.7 Å². The predicted molar refractivity (Wildman–Crippen MR) is 76.9 cm³/mol. The monoisotopic (exact) mass is 305 g/mol. The summed E-state index contributed by atoms with van der Waals surface area (Å²) in [6, 6.07) is 3.91. The molecule has 3 rings (SSSR count). The van der Waals surface area contributed by atoms with Gasteiger partial charge in [0.05, 0.1) is 6.42 Å². The minimum atomic E-state index is -0.169. The lowest BCUT2D eigenvalue weighted by molar-refractivity contribution is -0.131. The molecule has 0 unspecified atom stereocenters. The van der Waals surface area contributed by atoms with Crippen LogP contribution in [0.5, 0.6) is 0 Å². The molecule has 2 amide bonds. The van der Waals surface area contributed by atoms with E-state index in [1.807, 2.05) is 22.4 Å². The van der Waals surface area contributed by atoms with Gasteiger partial charge in [-0.2, -0.15) is 5.10 Å². The minimum Gasteiger partial charge on any atom is -0.339 e. The van der Waals surface area contributed by atoms with Crippen LogP contribution >= 0.6 is 11.3 Å². The molecule has 1 fully saturated rings. The van der Waals surface area contributed by atoms with Crippen molar-refractivity contribution in [1.29, 1.82) is 0 Å². The number of thiophene rings is 1. The van der Waals surface area contributed by atoms with E-state index in [0.29, 0.717) is 32.6 Å². The molecule has 7 nitrogen and oxygen atoms in total. The van der Waals surface area contributed by atoms with Crippen molar-refractivity contribution in [2.45, 2.75) is 6.42 Å². The maximum Gasteiger partial charge on any atom is 0.291 e. The number of H-pyrrole nitrogens is 1. The van der Waals surface area contributed by atoms with E-state index >= 15 is 0 Å². The van der Waals surface area contributed by atoms with E-state index in [-0.39, 0.29) is 17.6 Å². The fourth-order valence-corrected chi connectivity index (χ4v) is 2.99. The number of carbonyl (C=O) groups is 2. The molecule has 2 aromatic heterocycles. The van der Waals surface area contributed by atoms with Gasteiger partial charge in [-0.25, -0.2) is 4.98 Å². The zero-order valence-electron chi connectivity index (χ0n) is 11.4. The van der Waals surface area contributed by atoms with Crippen molar-refractivity contribution < 1.29 is 9.59 Å². The average Bonchev–Trinajstić information content (AvgIpc) is 3.20. The highest BCUT2D eigenvalue weighted by Gasteiger charge is 2.26. The van der Waals surface area contributed by atoms with E-state index in [9.17, 15) is 9.59 Å². The van der Waals surface area contributed by atoms with Gasteiger partial charge in [0.1, 0.15) is 6.33 Å². The highest BCUT2D eigenvalue weighted by atomic mass is 32.1. The molecule has 0 atom stereocenters. The van der Waals surface area contributed by atoms with Gasteiger partial charge in [-0.05, 0) is 11.4 Å². The van der Waals surface area contributed by atoms with E-state index in [0.717, 1.165) is 4.88 Å². The first-order chi connectivity index (χ1) is 10.2. The molecule has 3 heterocycles. The first-order valence-corrected chi connectivity index (χ1v) is 7.57. The lowest BCUT2D eigenvalue weighted by atomic mass is 10.2. The van der Waals surface area contributed by atoms with Gasteiger partial charge in [-0.1, -0.05) is 6.07 Å². The molecule has 0 aromatic carbocycles. The van der Waals surface area contributed by atoms with Crippen molar-refractivity contribution in [3.8, 4) is 0 Å². The van der Waals surface area contributed by atoms with Crippen molar-refractivity contribution in [2.24, 2.45) is 0 Å². The number of aromatic amines is 1. The van der Waals surface area contributed by atoms with E-state index in [1.54, 1.807) is 16.2 Å². The molecule has 110 valence electrons. The molecule has 0 radical (unpaired) electrons. The van der Waals surface area contributed by atoms with Crippen LogP contribution in [-0.4, -0.2) is 63.0 Å². The van der Waals surface area contributed by atoms with Crippen LogP contribution in [0.3, 0.4) is 0 Å². The normalized spacial score (nSPS) is 15.2. The fraction of sp³-hybridized carbons (Fsp3) is 0.385. The van der Waals surface area contributed by atoms with Crippen LogP contribution in [0.25, 0.3) is 0 Å². The molecule has 1 N–H and O–H groups in total. The van der Waals surface area contributed by atoms with Gasteiger partial charge in [0.15, 0.2) is 0 Å². The third-order valence-corrected chi connectivity index (χ3v) is 4.32. The molecule has 1 aliphatic heterocycles. The first-order valence-electron chi connectivity index (χ1n) is 6.69. The zero-order valence-corrected chi connectivity index (χ0v) is 12.2. The number of rotatable bonds is 3. The topological polar surface area (TPSA) is 82.2 Å². The number of hydrogen-bond donors (Lipinski definition) is 1. The van der Waals surface area contributed by atoms with E-state index < -0.39 is 0 Å². The zero-order chi connectivity index (χ0) is 14.7. The van der Waals surface area contributed by atoms with Crippen LogP contribution in [0.15, 0.2) is 23.8 Å². The molecule has 2 aromatic rings. The Hall–Kier alpha value is -2.22. The second kappa shape index (κ2) is 6.04. The lowest BCUT2D eigenvalue weighted by Crippen LogP contribution is -2.51. The number of carbonyl (C=O) groups excluding carboxylic acids is 2. The Morgan fingerprint density at radius 2 is 2.00 bits per heavy atom. The average molecular weight is 305 g/mol. The third-order valence-electron chi connectivity index (χ3n) is 3.44. The van der Waals surface area contributed by atoms with Crippen LogP contribution < -0.4 is 0 Å². The van der Waals surface area contributed by atoms with E-state index in [2.05, 4.69) is 15.2 Å². The Labute approximate surface area is 125 Å². The Balaban J connectivity index is 1.53. The van der Waals surface area contributed by atoms with Gasteiger partial charge in [-0.15, -0.1) is 11.3 Å². The van der Waals surface area contributed by atoms with Gasteiger partial charge in [-0.3, -0.25) is 14.7 Å². The molecule has 8 heteroatoms. The molecule has 0 spiro atoms. The summed E-state index contributed by atoms with van der Waals surface area (Å²) in [5.74, 6) is 0.190. The lowest BCUT2D eigenvalue weighted by Gasteiger charge is -2.34. The maximum atomic E-state index is 12.2. The van der Waals surface area contributed by atoms with Crippen molar-refractivity contribution >= 4 is 23.2 Å². The van der Waals surface area contributed by atoms with Crippen molar-refractivity contribution in [3.63, 3.8) is 0 Å². The number of nitrogens with zero attached hydrogens (tertiary/aromatic N) is 4. The third kappa shape index (κ3) is 3.10. The van der Waals surface area contributed by atoms with E-state index in [1.165, 1.54) is 6.33 Å². The SMILES string of the molecule is O=C(Cc1cccs1)N1CCN(C(=O)c2ncn[nH]2)CC1. The summed E-state index contributed by atoms with van der Waals surface area (Å²) >= 11 is 1.59. The van der Waals surface area contributed by atoms with Crippen molar-refractivity contribution in [3.05, 3.63) is 34.5 Å². The molecular weight excluding hydrogens is 290 g/mol. The largest absolute Gasteiger partial charge is 0.339 e. The Kier molecular flexibility index (Phi) is 3.96. The van der Waals surface area contributed by atoms with Crippen LogP contribution in [0.2, 0.25) is 0 Å². The van der Waals surface area contributed by atoms with Gasteiger partial charge in [0, 0.05) is 31.1 Å². The summed E-state index contributed by atoms with van der Waals surface area (Å²) in [6.07, 6.45) is 1.75. The van der Waals surface area contributed by atoms with Crippen LogP contribution in [-0.2, 0) is 11.2 Å². The summed E-state index contributed by atoms with van der Waals surface area (Å²) < 4.78 is 0. The van der Waals surface area contributed by atoms with Gasteiger partial charge >= 0.3 is 0 Å². The summed E-state index contributed by atoms with van der Waals surface area (Å²) in [4.78, 5) is 32.7. The first kappa shape index (κ1) is 13.7. The number of aromatic nitrogens is 3. The molecule has 21 heavy (non-hydrogen) atoms. The summed E-state index contributed by atoms with van der Waals surface area (Å²) in [6.45, 7) is 2.17. The summed E-state index contributed by atoms with van der Waals surface area (Å²) in [5.41, 5.74) is 0. The van der Waals surface area contributed by atoms with Gasteiger partial charge in [0.25, 0.3) is 5.91 Å². The minimum absolute atomic E-state index is 0.115. The summed E-state index contributed by atoms with van der Waals surface area (Å²) in [5, 5.41) is 8.21. The fourth-order valence-electron chi connectivity index (χ4n) is 2.29. The predicted octanol–water partition coefficient (Wildman–Crippen LogP) is 0.393. The molecule has 1 aliphatic rings. The highest BCUT2D eigenvalue weighted by Crippen LogP contribution is 2.12. The molecule has 0 saturated carbocycles. The van der Waals surface area contributed by atoms with Crippen LogP contribution in [0.4, 0.5) is 0 Å². The van der Waals surface area contributed by atoms with Crippen LogP contribution in [0, 0.1) is 0 Å². The standard InChI is InChI=1S/C13H15N5O2S/c19-11(8-10-2-1-7-21-10)17-3-5-18(6-4-17)13(20)12-14-9-15-16-12/h1-2,7,9H,3-6,8H2,(H,14,15,16).